The second kappa shape index (κ2) is 12.2. The van der Waals surface area contributed by atoms with E-state index in [1.807, 2.05) is 47.8 Å². The van der Waals surface area contributed by atoms with Crippen molar-refractivity contribution in [1.29, 1.82) is 0 Å². The zero-order valence-electron chi connectivity index (χ0n) is 17.9. The number of halogens is 1. The van der Waals surface area contributed by atoms with Crippen molar-refractivity contribution in [1.82, 2.24) is 9.80 Å². The lowest BCUT2D eigenvalue weighted by atomic mass is 10.2. The predicted octanol–water partition coefficient (Wildman–Crippen LogP) is 5.11. The molecule has 1 N–H and O–H groups in total. The topological polar surface area (TPSA) is 61.9 Å². The fraction of sp³-hybridized carbons (Fsp3) is 0.250. The molecule has 1 heterocycles. The Morgan fingerprint density at radius 1 is 1.00 bits per heavy atom. The van der Waals surface area contributed by atoms with Gasteiger partial charge >= 0.3 is 6.03 Å². The van der Waals surface area contributed by atoms with Gasteiger partial charge < -0.3 is 19.9 Å². The van der Waals surface area contributed by atoms with E-state index in [-0.39, 0.29) is 25.0 Å². The Bertz CT molecular complexity index is 999. The normalized spacial score (nSPS) is 10.6. The van der Waals surface area contributed by atoms with Crippen molar-refractivity contribution in [3.05, 3.63) is 87.6 Å². The average molecular weight is 472 g/mol. The van der Waals surface area contributed by atoms with Gasteiger partial charge in [0.25, 0.3) is 0 Å². The van der Waals surface area contributed by atoms with Gasteiger partial charge in [-0.3, -0.25) is 4.79 Å². The largest absolute Gasteiger partial charge is 0.383 e. The molecule has 2 aromatic carbocycles. The van der Waals surface area contributed by atoms with Gasteiger partial charge in [0.1, 0.15) is 6.54 Å². The second-order valence-electron chi connectivity index (χ2n) is 7.17. The number of hydrogen-bond donors (Lipinski definition) is 1. The van der Waals surface area contributed by atoms with Crippen LogP contribution in [-0.2, 0) is 22.6 Å². The number of amides is 3. The van der Waals surface area contributed by atoms with E-state index in [0.29, 0.717) is 30.4 Å². The first-order chi connectivity index (χ1) is 15.5. The molecule has 0 aliphatic heterocycles. The van der Waals surface area contributed by atoms with Crippen LogP contribution in [0, 0.1) is 0 Å². The van der Waals surface area contributed by atoms with E-state index in [0.717, 1.165) is 10.4 Å². The lowest BCUT2D eigenvalue weighted by Gasteiger charge is -2.27. The van der Waals surface area contributed by atoms with E-state index in [1.54, 1.807) is 47.6 Å². The van der Waals surface area contributed by atoms with Crippen molar-refractivity contribution >= 4 is 40.6 Å². The van der Waals surface area contributed by atoms with Crippen LogP contribution in [0.3, 0.4) is 0 Å². The van der Waals surface area contributed by atoms with E-state index in [9.17, 15) is 9.59 Å². The number of carbonyl (C=O) groups is 2. The quantitative estimate of drug-likeness (QED) is 0.447. The highest BCUT2D eigenvalue weighted by atomic mass is 35.5. The van der Waals surface area contributed by atoms with Gasteiger partial charge in [-0.15, -0.1) is 11.3 Å². The molecule has 1 aromatic heterocycles. The van der Waals surface area contributed by atoms with Crippen molar-refractivity contribution in [2.24, 2.45) is 0 Å². The number of thiophene rings is 1. The third-order valence-corrected chi connectivity index (χ3v) is 5.85. The zero-order valence-corrected chi connectivity index (χ0v) is 19.4. The summed E-state index contributed by atoms with van der Waals surface area (Å²) in [5, 5.41) is 5.32. The highest BCUT2D eigenvalue weighted by Gasteiger charge is 2.22. The van der Waals surface area contributed by atoms with Gasteiger partial charge in [-0.05, 0) is 35.2 Å². The standard InChI is InChI=1S/C24H26ClN3O3S/c1-31-13-12-27(24(30)26-21-10-5-9-20(25)15-21)18-23(29)28(17-22-11-6-14-32-22)16-19-7-3-2-4-8-19/h2-11,14-15H,12-13,16-18H2,1H3,(H,26,30). The maximum Gasteiger partial charge on any atom is 0.322 e. The molecular weight excluding hydrogens is 446 g/mol. The number of ether oxygens (including phenoxy) is 1. The molecule has 0 saturated heterocycles. The minimum absolute atomic E-state index is 0.0615. The molecule has 0 bridgehead atoms. The molecule has 0 radical (unpaired) electrons. The van der Waals surface area contributed by atoms with E-state index < -0.39 is 0 Å². The van der Waals surface area contributed by atoms with E-state index >= 15 is 0 Å². The molecule has 0 spiro atoms. The Labute approximate surface area is 197 Å². The first-order valence-corrected chi connectivity index (χ1v) is 11.5. The van der Waals surface area contributed by atoms with Crippen LogP contribution in [0.4, 0.5) is 10.5 Å². The molecule has 0 aliphatic rings. The number of nitrogens with zero attached hydrogens (tertiary/aromatic N) is 2. The summed E-state index contributed by atoms with van der Waals surface area (Å²) in [6.45, 7) is 1.49. The van der Waals surface area contributed by atoms with Crippen molar-refractivity contribution in [3.8, 4) is 0 Å². The Balaban J connectivity index is 1.73. The van der Waals surface area contributed by atoms with Gasteiger partial charge in [0.2, 0.25) is 5.91 Å². The highest BCUT2D eigenvalue weighted by Crippen LogP contribution is 2.17. The number of hydrogen-bond acceptors (Lipinski definition) is 4. The molecule has 3 aromatic rings. The van der Waals surface area contributed by atoms with Crippen LogP contribution >= 0.6 is 22.9 Å². The van der Waals surface area contributed by atoms with Crippen LogP contribution in [0.2, 0.25) is 5.02 Å². The Kier molecular flexibility index (Phi) is 9.10. The molecule has 168 valence electrons. The molecule has 3 amide bonds. The summed E-state index contributed by atoms with van der Waals surface area (Å²) in [4.78, 5) is 30.5. The van der Waals surface area contributed by atoms with Gasteiger partial charge in [0.05, 0.1) is 13.2 Å². The molecule has 8 heteroatoms. The van der Waals surface area contributed by atoms with Crippen molar-refractivity contribution in [3.63, 3.8) is 0 Å². The first-order valence-electron chi connectivity index (χ1n) is 10.2. The van der Waals surface area contributed by atoms with Crippen LogP contribution in [0.5, 0.6) is 0 Å². The summed E-state index contributed by atoms with van der Waals surface area (Å²) < 4.78 is 5.15. The Hall–Kier alpha value is -2.87. The number of carbonyl (C=O) groups excluding carboxylic acids is 2. The summed E-state index contributed by atoms with van der Waals surface area (Å²) in [6.07, 6.45) is 0. The van der Waals surface area contributed by atoms with Crippen LogP contribution in [0.1, 0.15) is 10.4 Å². The van der Waals surface area contributed by atoms with Crippen LogP contribution in [-0.4, -0.2) is 48.5 Å². The lowest BCUT2D eigenvalue weighted by molar-refractivity contribution is -0.133. The summed E-state index contributed by atoms with van der Waals surface area (Å²) in [7, 11) is 1.56. The van der Waals surface area contributed by atoms with Crippen molar-refractivity contribution < 1.29 is 14.3 Å². The number of nitrogens with one attached hydrogen (secondary N) is 1. The van der Waals surface area contributed by atoms with Gasteiger partial charge in [0, 0.05) is 35.8 Å². The summed E-state index contributed by atoms with van der Waals surface area (Å²) >= 11 is 7.62. The van der Waals surface area contributed by atoms with Gasteiger partial charge in [0.15, 0.2) is 0 Å². The van der Waals surface area contributed by atoms with Crippen LogP contribution in [0.25, 0.3) is 0 Å². The third kappa shape index (κ3) is 7.37. The van der Waals surface area contributed by atoms with E-state index in [2.05, 4.69) is 5.32 Å². The molecule has 3 rings (SSSR count). The summed E-state index contributed by atoms with van der Waals surface area (Å²) in [5.74, 6) is -0.139. The fourth-order valence-electron chi connectivity index (χ4n) is 3.11. The molecular formula is C24H26ClN3O3S. The lowest BCUT2D eigenvalue weighted by Crippen LogP contribution is -2.45. The molecule has 6 nitrogen and oxygen atoms in total. The monoisotopic (exact) mass is 471 g/mol. The van der Waals surface area contributed by atoms with Crippen LogP contribution < -0.4 is 5.32 Å². The SMILES string of the molecule is COCCN(CC(=O)N(Cc1ccccc1)Cc1cccs1)C(=O)Nc1cccc(Cl)c1. The first kappa shape index (κ1) is 23.8. The molecule has 0 saturated carbocycles. The average Bonchev–Trinajstić information content (AvgIpc) is 3.30. The van der Waals surface area contributed by atoms with Crippen molar-refractivity contribution in [2.75, 3.05) is 32.1 Å². The third-order valence-electron chi connectivity index (χ3n) is 4.75. The number of benzene rings is 2. The van der Waals surface area contributed by atoms with Crippen LogP contribution in [0.15, 0.2) is 72.1 Å². The maximum atomic E-state index is 13.3. The van der Waals surface area contributed by atoms with E-state index in [1.165, 1.54) is 4.90 Å². The minimum atomic E-state index is -0.381. The molecule has 32 heavy (non-hydrogen) atoms. The number of rotatable bonds is 10. The number of methoxy groups -OCH3 is 1. The highest BCUT2D eigenvalue weighted by molar-refractivity contribution is 7.09. The maximum absolute atomic E-state index is 13.3. The molecule has 0 aliphatic carbocycles. The smallest absolute Gasteiger partial charge is 0.322 e. The predicted molar refractivity (Wildman–Crippen MR) is 129 cm³/mol. The molecule has 0 atom stereocenters. The summed E-state index contributed by atoms with van der Waals surface area (Å²) in [6, 6.07) is 20.3. The van der Waals surface area contributed by atoms with Gasteiger partial charge in [-0.2, -0.15) is 0 Å². The minimum Gasteiger partial charge on any atom is -0.383 e. The zero-order chi connectivity index (χ0) is 22.8. The molecule has 0 fully saturated rings. The number of anilines is 1. The second-order valence-corrected chi connectivity index (χ2v) is 8.64. The Morgan fingerprint density at radius 3 is 2.50 bits per heavy atom. The van der Waals surface area contributed by atoms with E-state index in [4.69, 9.17) is 16.3 Å². The summed E-state index contributed by atoms with van der Waals surface area (Å²) in [5.41, 5.74) is 1.60. The van der Waals surface area contributed by atoms with Gasteiger partial charge in [-0.25, -0.2) is 4.79 Å². The fourth-order valence-corrected chi connectivity index (χ4v) is 4.02. The van der Waals surface area contributed by atoms with Gasteiger partial charge in [-0.1, -0.05) is 54.1 Å². The van der Waals surface area contributed by atoms with Crippen molar-refractivity contribution in [2.45, 2.75) is 13.1 Å². The Morgan fingerprint density at radius 2 is 1.81 bits per heavy atom. The number of urea groups is 1. The molecule has 0 unspecified atom stereocenters.